The summed E-state index contributed by atoms with van der Waals surface area (Å²) in [6.07, 6.45) is 0.806. The van der Waals surface area contributed by atoms with E-state index in [0.29, 0.717) is 9.21 Å². The fraction of sp³-hybridized carbons (Fsp3) is 0.391. The summed E-state index contributed by atoms with van der Waals surface area (Å²) in [6, 6.07) is 3.91. The summed E-state index contributed by atoms with van der Waals surface area (Å²) in [6.45, 7) is 0.177. The number of nitrogens with one attached hydrogen (secondary N) is 3. The van der Waals surface area contributed by atoms with Crippen LogP contribution in [0.25, 0.3) is 0 Å². The maximum absolute atomic E-state index is 13.6. The number of sulfonamides is 1. The van der Waals surface area contributed by atoms with Crippen molar-refractivity contribution >= 4 is 57.6 Å². The first-order valence-corrected chi connectivity index (χ1v) is 15.0. The highest BCUT2D eigenvalue weighted by Crippen LogP contribution is 2.45. The molecule has 3 aliphatic heterocycles. The number of amides is 6. The molecule has 0 aromatic heterocycles. The molecule has 0 aliphatic carbocycles. The van der Waals surface area contributed by atoms with Crippen molar-refractivity contribution in [3.05, 3.63) is 47.2 Å². The molecule has 226 valence electrons. The highest BCUT2D eigenvalue weighted by atomic mass is 32.2. The number of thioether (sulfide) groups is 1. The molecular formula is C23H26N6O11S2. The van der Waals surface area contributed by atoms with Crippen molar-refractivity contribution in [3.63, 3.8) is 0 Å². The number of urea groups is 2. The van der Waals surface area contributed by atoms with Crippen LogP contribution in [0, 0.1) is 0 Å². The summed E-state index contributed by atoms with van der Waals surface area (Å²) in [5.74, 6) is -4.27. The average molecular weight is 627 g/mol. The zero-order valence-electron chi connectivity index (χ0n) is 22.1. The lowest BCUT2D eigenvalue weighted by atomic mass is 9.94. The second-order valence-corrected chi connectivity index (χ2v) is 12.3. The molecule has 3 heterocycles. The standard InChI is InChI=1S/C23H26N6O11S2/c1-12(30)40-10-14-11-41-20-23(26-37,19(34)29(20)16(14)18(32)33)25-17(31)15(13-6-4-3-5-7-13)24-21(35)27-8-9-28(22(27)36)42(2,38)39/h3-7,15,20,26,37H,8-11H2,1-2H3,(H,24,35)(H,25,31)(H,32,33)/t15?,20-,23+/m1/s1. The third kappa shape index (κ3) is 5.50. The first-order chi connectivity index (χ1) is 19.7. The van der Waals surface area contributed by atoms with E-state index in [-0.39, 0.29) is 36.6 Å². The largest absolute Gasteiger partial charge is 0.477 e. The Morgan fingerprint density at radius 2 is 1.83 bits per heavy atom. The van der Waals surface area contributed by atoms with E-state index < -0.39 is 68.6 Å². The monoisotopic (exact) mass is 626 g/mol. The van der Waals surface area contributed by atoms with Gasteiger partial charge in [0, 0.05) is 18.2 Å². The van der Waals surface area contributed by atoms with E-state index >= 15 is 0 Å². The number of carbonyl (C=O) groups is 6. The van der Waals surface area contributed by atoms with Crippen LogP contribution in [0.1, 0.15) is 18.5 Å². The van der Waals surface area contributed by atoms with Gasteiger partial charge in [0.1, 0.15) is 23.7 Å². The quantitative estimate of drug-likeness (QED) is 0.0934. The van der Waals surface area contributed by atoms with Crippen LogP contribution in [-0.2, 0) is 33.9 Å². The van der Waals surface area contributed by atoms with Crippen molar-refractivity contribution < 1.29 is 52.2 Å². The lowest BCUT2D eigenvalue weighted by Crippen LogP contribution is -2.85. The Hall–Kier alpha value is -4.20. The van der Waals surface area contributed by atoms with Crippen LogP contribution in [0.2, 0.25) is 0 Å². The van der Waals surface area contributed by atoms with E-state index in [1.165, 1.54) is 12.1 Å². The van der Waals surface area contributed by atoms with E-state index in [2.05, 4.69) is 10.6 Å². The Morgan fingerprint density at radius 1 is 1.17 bits per heavy atom. The molecule has 1 aromatic rings. The highest BCUT2D eigenvalue weighted by Gasteiger charge is 2.66. The van der Waals surface area contributed by atoms with Crippen molar-refractivity contribution in [2.24, 2.45) is 0 Å². The minimum Gasteiger partial charge on any atom is -0.477 e. The zero-order chi connectivity index (χ0) is 31.0. The number of nitrogens with zero attached hydrogens (tertiary/aromatic N) is 3. The first kappa shape index (κ1) is 30.8. The van der Waals surface area contributed by atoms with Gasteiger partial charge in [-0.15, -0.1) is 11.8 Å². The second-order valence-electron chi connectivity index (χ2n) is 9.35. The molecule has 19 heteroatoms. The summed E-state index contributed by atoms with van der Waals surface area (Å²) < 4.78 is 29.1. The number of fused-ring (bicyclic) bond motifs is 1. The minimum absolute atomic E-state index is 0.0323. The predicted octanol–water partition coefficient (Wildman–Crippen LogP) is -1.26. The maximum atomic E-state index is 13.6. The Morgan fingerprint density at radius 3 is 2.38 bits per heavy atom. The van der Waals surface area contributed by atoms with Gasteiger partial charge >= 0.3 is 24.0 Å². The number of esters is 1. The van der Waals surface area contributed by atoms with E-state index in [9.17, 15) is 47.5 Å². The lowest BCUT2D eigenvalue weighted by Gasteiger charge is -2.56. The van der Waals surface area contributed by atoms with E-state index in [1.54, 1.807) is 23.7 Å². The Kier molecular flexibility index (Phi) is 8.48. The topological polar surface area (TPSA) is 232 Å². The van der Waals surface area contributed by atoms with Gasteiger partial charge in [0.2, 0.25) is 21.6 Å². The average Bonchev–Trinajstić information content (AvgIpc) is 3.34. The van der Waals surface area contributed by atoms with Crippen molar-refractivity contribution in [2.45, 2.75) is 24.0 Å². The predicted molar refractivity (Wildman–Crippen MR) is 142 cm³/mol. The number of carboxylic acids is 1. The van der Waals surface area contributed by atoms with Gasteiger partial charge < -0.3 is 25.7 Å². The third-order valence-corrected chi connectivity index (χ3v) is 9.12. The van der Waals surface area contributed by atoms with Gasteiger partial charge in [-0.25, -0.2) is 32.0 Å². The van der Waals surface area contributed by atoms with Crippen molar-refractivity contribution in [1.82, 2.24) is 30.2 Å². The Bertz CT molecular complexity index is 1480. The van der Waals surface area contributed by atoms with Gasteiger partial charge in [-0.1, -0.05) is 30.3 Å². The number of rotatable bonds is 9. The maximum Gasteiger partial charge on any atom is 0.352 e. The highest BCUT2D eigenvalue weighted by molar-refractivity contribution is 8.00. The Balaban J connectivity index is 1.59. The number of aliphatic carboxylic acids is 1. The van der Waals surface area contributed by atoms with Crippen LogP contribution in [0.15, 0.2) is 41.6 Å². The molecule has 2 fully saturated rings. The molecule has 42 heavy (non-hydrogen) atoms. The number of ether oxygens (including phenoxy) is 1. The van der Waals surface area contributed by atoms with Crippen LogP contribution in [0.5, 0.6) is 0 Å². The molecular weight excluding hydrogens is 600 g/mol. The molecule has 0 saturated carbocycles. The number of hydroxylamine groups is 1. The summed E-state index contributed by atoms with van der Waals surface area (Å²) >= 11 is 0.969. The zero-order valence-corrected chi connectivity index (χ0v) is 23.7. The molecule has 1 aromatic carbocycles. The van der Waals surface area contributed by atoms with Crippen LogP contribution < -0.4 is 16.1 Å². The number of imide groups is 1. The number of hydrogen-bond acceptors (Lipinski definition) is 12. The molecule has 17 nitrogen and oxygen atoms in total. The van der Waals surface area contributed by atoms with E-state index in [1.807, 2.05) is 0 Å². The molecule has 0 spiro atoms. The Labute approximate surface area is 242 Å². The molecule has 4 rings (SSSR count). The second kappa shape index (κ2) is 11.6. The number of hydrogen-bond donors (Lipinski definition) is 5. The SMILES string of the molecule is CC(=O)OCC1=C(C(=O)O)N2C(=O)[C@@](NO)(NC(=O)C(NC(=O)N3CCN(S(C)(=O)=O)C3=O)c3ccccc3)[C@H]2SC1. The summed E-state index contributed by atoms with van der Waals surface area (Å²) in [4.78, 5) is 77.2. The van der Waals surface area contributed by atoms with Gasteiger partial charge in [0.25, 0.3) is 5.91 Å². The lowest BCUT2D eigenvalue weighted by molar-refractivity contribution is -0.171. The normalized spacial score (nSPS) is 22.7. The van der Waals surface area contributed by atoms with Gasteiger partial charge in [-0.3, -0.25) is 19.3 Å². The summed E-state index contributed by atoms with van der Waals surface area (Å²) in [5, 5.41) is 23.4. The molecule has 6 amide bonds. The van der Waals surface area contributed by atoms with E-state index in [0.717, 1.165) is 29.8 Å². The van der Waals surface area contributed by atoms with Gasteiger partial charge in [-0.05, 0) is 5.56 Å². The van der Waals surface area contributed by atoms with Crippen molar-refractivity contribution in [3.8, 4) is 0 Å². The fourth-order valence-corrected chi connectivity index (χ4v) is 6.78. The molecule has 0 radical (unpaired) electrons. The third-order valence-electron chi connectivity index (χ3n) is 6.58. The first-order valence-electron chi connectivity index (χ1n) is 12.1. The smallest absolute Gasteiger partial charge is 0.352 e. The van der Waals surface area contributed by atoms with Gasteiger partial charge in [-0.2, -0.15) is 5.48 Å². The van der Waals surface area contributed by atoms with Gasteiger partial charge in [0.15, 0.2) is 0 Å². The summed E-state index contributed by atoms with van der Waals surface area (Å²) in [7, 11) is -3.95. The molecule has 3 aliphatic rings. The van der Waals surface area contributed by atoms with Crippen LogP contribution in [0.3, 0.4) is 0 Å². The van der Waals surface area contributed by atoms with Crippen LogP contribution >= 0.6 is 11.8 Å². The van der Waals surface area contributed by atoms with Crippen molar-refractivity contribution in [1.29, 1.82) is 0 Å². The van der Waals surface area contributed by atoms with Crippen molar-refractivity contribution in [2.75, 3.05) is 31.7 Å². The van der Waals surface area contributed by atoms with E-state index in [4.69, 9.17) is 4.74 Å². The minimum atomic E-state index is -3.95. The van der Waals surface area contributed by atoms with Gasteiger partial charge in [0.05, 0.1) is 19.3 Å². The van der Waals surface area contributed by atoms with Crippen LogP contribution in [-0.4, -0.2) is 111 Å². The van der Waals surface area contributed by atoms with Crippen LogP contribution in [0.4, 0.5) is 9.59 Å². The number of carboxylic acid groups (broad SMARTS) is 1. The molecule has 2 saturated heterocycles. The molecule has 5 N–H and O–H groups in total. The number of benzene rings is 1. The summed E-state index contributed by atoms with van der Waals surface area (Å²) in [5.41, 5.74) is -0.592. The number of carbonyl (C=O) groups excluding carboxylic acids is 5. The fourth-order valence-electron chi connectivity index (χ4n) is 4.59. The molecule has 3 atom stereocenters. The number of β-lactam (4-membered cyclic amide) rings is 1. The molecule has 1 unspecified atom stereocenters. The molecule has 0 bridgehead atoms.